The number of aliphatic hydroxyl groups is 1. The topological polar surface area (TPSA) is 49.3 Å². The van der Waals surface area contributed by atoms with Crippen LogP contribution in [0.1, 0.15) is 11.1 Å². The van der Waals surface area contributed by atoms with Gasteiger partial charge in [-0.25, -0.2) is 0 Å². The number of anilines is 1. The molecule has 0 saturated heterocycles. The molecule has 0 unspecified atom stereocenters. The highest BCUT2D eigenvalue weighted by molar-refractivity contribution is 6.30. The smallest absolute Gasteiger partial charge is 0.228 e. The van der Waals surface area contributed by atoms with E-state index in [9.17, 15) is 4.79 Å². The van der Waals surface area contributed by atoms with Crippen LogP contribution in [0.3, 0.4) is 0 Å². The molecule has 3 nitrogen and oxygen atoms in total. The fourth-order valence-corrected chi connectivity index (χ4v) is 2.03. The lowest BCUT2D eigenvalue weighted by Gasteiger charge is -2.05. The van der Waals surface area contributed by atoms with Crippen molar-refractivity contribution < 1.29 is 9.90 Å². The minimum absolute atomic E-state index is 0.105. The summed E-state index contributed by atoms with van der Waals surface area (Å²) >= 11 is 5.89. The van der Waals surface area contributed by atoms with Crippen LogP contribution in [0.25, 0.3) is 0 Å². The van der Waals surface area contributed by atoms with Crippen LogP contribution in [-0.4, -0.2) is 17.6 Å². The van der Waals surface area contributed by atoms with Gasteiger partial charge in [0.2, 0.25) is 5.91 Å². The Balaban J connectivity index is 1.96. The first-order valence-electron chi connectivity index (χ1n) is 6.41. The van der Waals surface area contributed by atoms with Crippen LogP contribution in [0.2, 0.25) is 5.02 Å². The maximum absolute atomic E-state index is 11.9. The number of hydrogen-bond donors (Lipinski definition) is 2. The number of benzene rings is 2. The van der Waals surface area contributed by atoms with Gasteiger partial charge in [-0.3, -0.25) is 4.79 Å². The zero-order valence-electron chi connectivity index (χ0n) is 11.3. The van der Waals surface area contributed by atoms with Crippen LogP contribution in [0.5, 0.6) is 0 Å². The van der Waals surface area contributed by atoms with Crippen LogP contribution in [0, 0.1) is 11.8 Å². The van der Waals surface area contributed by atoms with E-state index in [2.05, 4.69) is 17.2 Å². The van der Waals surface area contributed by atoms with E-state index < -0.39 is 0 Å². The largest absolute Gasteiger partial charge is 0.384 e. The lowest BCUT2D eigenvalue weighted by molar-refractivity contribution is -0.115. The predicted molar refractivity (Wildman–Crippen MR) is 84.2 cm³/mol. The predicted octanol–water partition coefficient (Wildman–Crippen LogP) is 2.87. The van der Waals surface area contributed by atoms with E-state index in [1.54, 1.807) is 36.4 Å². The summed E-state index contributed by atoms with van der Waals surface area (Å²) in [5.74, 6) is 5.26. The number of carbonyl (C=O) groups is 1. The first-order valence-corrected chi connectivity index (χ1v) is 6.79. The summed E-state index contributed by atoms with van der Waals surface area (Å²) in [6, 6.07) is 14.4. The molecule has 0 spiro atoms. The molecule has 4 heteroatoms. The first kappa shape index (κ1) is 15.1. The molecule has 0 aliphatic rings. The lowest BCUT2D eigenvalue weighted by atomic mass is 10.1. The van der Waals surface area contributed by atoms with E-state index in [1.165, 1.54) is 0 Å². The van der Waals surface area contributed by atoms with Crippen LogP contribution < -0.4 is 5.32 Å². The number of carbonyl (C=O) groups excluding carboxylic acids is 1. The van der Waals surface area contributed by atoms with E-state index in [0.717, 1.165) is 11.1 Å². The Bertz CT molecular complexity index is 684. The van der Waals surface area contributed by atoms with Crippen LogP contribution in [-0.2, 0) is 11.2 Å². The highest BCUT2D eigenvalue weighted by atomic mass is 35.5. The number of amides is 1. The molecular formula is C17H14ClNO2. The van der Waals surface area contributed by atoms with Crippen molar-refractivity contribution >= 4 is 23.2 Å². The van der Waals surface area contributed by atoms with Gasteiger partial charge in [-0.1, -0.05) is 35.6 Å². The molecule has 0 heterocycles. The van der Waals surface area contributed by atoms with Gasteiger partial charge in [0, 0.05) is 16.3 Å². The molecule has 0 bridgehead atoms. The Labute approximate surface area is 128 Å². The van der Waals surface area contributed by atoms with Crippen molar-refractivity contribution in [2.24, 2.45) is 0 Å². The lowest BCUT2D eigenvalue weighted by Crippen LogP contribution is -2.14. The minimum Gasteiger partial charge on any atom is -0.384 e. The van der Waals surface area contributed by atoms with E-state index >= 15 is 0 Å². The Kier molecular flexibility index (Phi) is 5.39. The van der Waals surface area contributed by atoms with Crippen LogP contribution >= 0.6 is 11.6 Å². The zero-order valence-corrected chi connectivity index (χ0v) is 12.0. The SMILES string of the molecule is O=C(Cc1cccc(Cl)c1)Nc1ccc(C#CCO)cc1. The molecule has 0 aliphatic carbocycles. The Morgan fingerprint density at radius 2 is 1.95 bits per heavy atom. The number of halogens is 1. The summed E-state index contributed by atoms with van der Waals surface area (Å²) in [5, 5.41) is 12.1. The van der Waals surface area contributed by atoms with Gasteiger partial charge in [0.1, 0.15) is 6.61 Å². The zero-order chi connectivity index (χ0) is 15.1. The van der Waals surface area contributed by atoms with Gasteiger partial charge >= 0.3 is 0 Å². The monoisotopic (exact) mass is 299 g/mol. The van der Waals surface area contributed by atoms with E-state index in [-0.39, 0.29) is 18.9 Å². The van der Waals surface area contributed by atoms with Gasteiger partial charge in [0.15, 0.2) is 0 Å². The number of nitrogens with one attached hydrogen (secondary N) is 1. The number of aliphatic hydroxyl groups excluding tert-OH is 1. The van der Waals surface area contributed by atoms with Crippen LogP contribution in [0.15, 0.2) is 48.5 Å². The van der Waals surface area contributed by atoms with Gasteiger partial charge in [0.25, 0.3) is 0 Å². The van der Waals surface area contributed by atoms with Crippen molar-refractivity contribution in [1.82, 2.24) is 0 Å². The van der Waals surface area contributed by atoms with Crippen molar-refractivity contribution in [3.63, 3.8) is 0 Å². The fraction of sp³-hybridized carbons (Fsp3) is 0.118. The Morgan fingerprint density at radius 1 is 1.19 bits per heavy atom. The second kappa shape index (κ2) is 7.49. The van der Waals surface area contributed by atoms with E-state index in [0.29, 0.717) is 10.7 Å². The van der Waals surface area contributed by atoms with Crippen molar-refractivity contribution in [2.75, 3.05) is 11.9 Å². The van der Waals surface area contributed by atoms with Gasteiger partial charge < -0.3 is 10.4 Å². The van der Waals surface area contributed by atoms with E-state index in [1.807, 2.05) is 12.1 Å². The van der Waals surface area contributed by atoms with Crippen molar-refractivity contribution in [3.8, 4) is 11.8 Å². The molecule has 106 valence electrons. The summed E-state index contributed by atoms with van der Waals surface area (Å²) in [6.07, 6.45) is 0.270. The number of rotatable bonds is 3. The standard InChI is InChI=1S/C17H14ClNO2/c18-15-5-1-3-14(11-15)12-17(21)19-16-8-6-13(7-9-16)4-2-10-20/h1,3,5-9,11,20H,10,12H2,(H,19,21). The maximum atomic E-state index is 11.9. The Morgan fingerprint density at radius 3 is 2.62 bits per heavy atom. The van der Waals surface area contributed by atoms with Crippen molar-refractivity contribution in [3.05, 3.63) is 64.7 Å². The van der Waals surface area contributed by atoms with E-state index in [4.69, 9.17) is 16.7 Å². The maximum Gasteiger partial charge on any atom is 0.228 e. The average Bonchev–Trinajstić information content (AvgIpc) is 2.46. The highest BCUT2D eigenvalue weighted by Gasteiger charge is 2.04. The third kappa shape index (κ3) is 4.96. The van der Waals surface area contributed by atoms with Crippen LogP contribution in [0.4, 0.5) is 5.69 Å². The molecular weight excluding hydrogens is 286 g/mol. The molecule has 0 aromatic heterocycles. The molecule has 2 N–H and O–H groups in total. The molecule has 0 radical (unpaired) electrons. The third-order valence-electron chi connectivity index (χ3n) is 2.73. The fourth-order valence-electron chi connectivity index (χ4n) is 1.82. The molecule has 0 saturated carbocycles. The molecule has 2 aromatic carbocycles. The third-order valence-corrected chi connectivity index (χ3v) is 2.97. The number of hydrogen-bond acceptors (Lipinski definition) is 2. The van der Waals surface area contributed by atoms with Gasteiger partial charge in [-0.2, -0.15) is 0 Å². The molecule has 0 atom stereocenters. The summed E-state index contributed by atoms with van der Waals surface area (Å²) in [4.78, 5) is 11.9. The summed E-state index contributed by atoms with van der Waals surface area (Å²) in [7, 11) is 0. The summed E-state index contributed by atoms with van der Waals surface area (Å²) < 4.78 is 0. The summed E-state index contributed by atoms with van der Waals surface area (Å²) in [6.45, 7) is -0.169. The quantitative estimate of drug-likeness (QED) is 0.856. The molecule has 21 heavy (non-hydrogen) atoms. The first-order chi connectivity index (χ1) is 10.2. The average molecular weight is 300 g/mol. The summed E-state index contributed by atoms with van der Waals surface area (Å²) in [5.41, 5.74) is 2.36. The van der Waals surface area contributed by atoms with Crippen molar-refractivity contribution in [1.29, 1.82) is 0 Å². The molecule has 0 aliphatic heterocycles. The second-order valence-electron chi connectivity index (χ2n) is 4.39. The molecule has 2 aromatic rings. The Hall–Kier alpha value is -2.28. The normalized spacial score (nSPS) is 9.62. The second-order valence-corrected chi connectivity index (χ2v) is 4.83. The van der Waals surface area contributed by atoms with Gasteiger partial charge in [-0.15, -0.1) is 0 Å². The van der Waals surface area contributed by atoms with Gasteiger partial charge in [-0.05, 0) is 42.0 Å². The molecule has 1 amide bonds. The highest BCUT2D eigenvalue weighted by Crippen LogP contribution is 2.13. The molecule has 2 rings (SSSR count). The molecule has 0 fully saturated rings. The minimum atomic E-state index is -0.169. The van der Waals surface area contributed by atoms with Crippen molar-refractivity contribution in [2.45, 2.75) is 6.42 Å². The van der Waals surface area contributed by atoms with Gasteiger partial charge in [0.05, 0.1) is 6.42 Å².